The van der Waals surface area contributed by atoms with Gasteiger partial charge in [-0.3, -0.25) is 0 Å². The number of para-hydroxylation sites is 3. The van der Waals surface area contributed by atoms with Gasteiger partial charge in [0.15, 0.2) is 11.5 Å². The van der Waals surface area contributed by atoms with Crippen molar-refractivity contribution in [1.82, 2.24) is 0 Å². The Balaban J connectivity index is 1.35. The molecule has 6 aromatic rings. The van der Waals surface area contributed by atoms with Crippen molar-refractivity contribution >= 4 is 34.1 Å². The second-order valence-corrected chi connectivity index (χ2v) is 11.9. The number of hydrogen-bond acceptors (Lipinski definition) is 3. The molecule has 0 bridgehead atoms. The summed E-state index contributed by atoms with van der Waals surface area (Å²) in [4.78, 5) is 4.76. The molecule has 3 heteroatoms. The number of benzene rings is 6. The van der Waals surface area contributed by atoms with Crippen LogP contribution in [-0.2, 0) is 5.41 Å². The van der Waals surface area contributed by atoms with Crippen molar-refractivity contribution in [3.63, 3.8) is 0 Å². The van der Waals surface area contributed by atoms with Crippen molar-refractivity contribution in [1.29, 1.82) is 0 Å². The molecule has 43 heavy (non-hydrogen) atoms. The predicted molar refractivity (Wildman–Crippen MR) is 178 cm³/mol. The van der Waals surface area contributed by atoms with E-state index >= 15 is 0 Å². The largest absolute Gasteiger partial charge is 0.453 e. The van der Waals surface area contributed by atoms with Crippen LogP contribution in [-0.4, -0.2) is 0 Å². The minimum Gasteiger partial charge on any atom is -0.453 e. The molecule has 0 radical (unpaired) electrons. The normalized spacial score (nSPS) is 13.8. The third kappa shape index (κ3) is 3.96. The van der Waals surface area contributed by atoms with E-state index < -0.39 is 0 Å². The molecule has 0 saturated heterocycles. The van der Waals surface area contributed by atoms with E-state index in [0.29, 0.717) is 0 Å². The Morgan fingerprint density at radius 2 is 1.19 bits per heavy atom. The van der Waals surface area contributed by atoms with Gasteiger partial charge < -0.3 is 14.5 Å². The van der Waals surface area contributed by atoms with Crippen molar-refractivity contribution in [2.75, 3.05) is 9.80 Å². The average molecular weight is 557 g/mol. The molecule has 0 aromatic heterocycles. The van der Waals surface area contributed by atoms with E-state index in [9.17, 15) is 0 Å². The van der Waals surface area contributed by atoms with Crippen molar-refractivity contribution in [2.24, 2.45) is 0 Å². The lowest BCUT2D eigenvalue weighted by atomic mass is 9.73. The van der Waals surface area contributed by atoms with Crippen LogP contribution in [0.15, 0.2) is 140 Å². The Kier molecular flexibility index (Phi) is 5.70. The van der Waals surface area contributed by atoms with Crippen molar-refractivity contribution in [3.8, 4) is 22.6 Å². The van der Waals surface area contributed by atoms with Gasteiger partial charge in [0.05, 0.1) is 22.7 Å². The van der Waals surface area contributed by atoms with Crippen LogP contribution in [0.3, 0.4) is 0 Å². The molecule has 3 nitrogen and oxygen atoms in total. The van der Waals surface area contributed by atoms with Crippen molar-refractivity contribution in [3.05, 3.63) is 156 Å². The van der Waals surface area contributed by atoms with Gasteiger partial charge in [-0.25, -0.2) is 0 Å². The first-order chi connectivity index (χ1) is 21.0. The maximum absolute atomic E-state index is 6.78. The minimum atomic E-state index is -0.240. The monoisotopic (exact) mass is 556 g/mol. The van der Waals surface area contributed by atoms with E-state index in [-0.39, 0.29) is 5.41 Å². The number of aryl methyl sites for hydroxylation is 1. The van der Waals surface area contributed by atoms with Crippen LogP contribution < -0.4 is 14.5 Å². The molecule has 0 spiro atoms. The van der Waals surface area contributed by atoms with Gasteiger partial charge in [-0.1, -0.05) is 105 Å². The van der Waals surface area contributed by atoms with Crippen LogP contribution in [0, 0.1) is 6.92 Å². The highest BCUT2D eigenvalue weighted by Gasteiger charge is 2.42. The highest BCUT2D eigenvalue weighted by molar-refractivity contribution is 5.96. The highest BCUT2D eigenvalue weighted by Crippen LogP contribution is 2.61. The zero-order valence-electron chi connectivity index (χ0n) is 24.6. The van der Waals surface area contributed by atoms with Crippen LogP contribution in [0.1, 0.15) is 30.5 Å². The third-order valence-corrected chi connectivity index (χ3v) is 8.92. The molecule has 2 aliphatic rings. The van der Waals surface area contributed by atoms with E-state index in [2.05, 4.69) is 170 Å². The molecule has 0 unspecified atom stereocenters. The summed E-state index contributed by atoms with van der Waals surface area (Å²) < 4.78 is 6.78. The third-order valence-electron chi connectivity index (χ3n) is 8.92. The van der Waals surface area contributed by atoms with Gasteiger partial charge in [-0.15, -0.1) is 0 Å². The fourth-order valence-corrected chi connectivity index (χ4v) is 6.78. The number of hydrogen-bond donors (Lipinski definition) is 0. The molecule has 6 aromatic carbocycles. The van der Waals surface area contributed by atoms with Gasteiger partial charge in [-0.2, -0.15) is 0 Å². The Morgan fingerprint density at radius 3 is 1.95 bits per heavy atom. The van der Waals surface area contributed by atoms with E-state index in [4.69, 9.17) is 4.74 Å². The van der Waals surface area contributed by atoms with E-state index in [1.807, 2.05) is 0 Å². The first-order valence-electron chi connectivity index (χ1n) is 14.9. The molecule has 0 fully saturated rings. The molecule has 8 rings (SSSR count). The zero-order valence-corrected chi connectivity index (χ0v) is 24.6. The predicted octanol–water partition coefficient (Wildman–Crippen LogP) is 11.3. The summed E-state index contributed by atoms with van der Waals surface area (Å²) >= 11 is 0. The standard InChI is InChI=1S/C40H32N2O/c1-27-13-12-20-36-38(27)42-35-19-11-10-18-33(35)40(2,3)34-25-32(26-37(43-36)39(34)42)41(30-16-8-5-9-17-30)31-23-21-29(22-24-31)28-14-6-4-7-15-28/h4-26H,1-3H3. The molecule has 0 amide bonds. The number of rotatable bonds is 4. The molecule has 0 aliphatic carbocycles. The molecular formula is C40H32N2O. The molecule has 208 valence electrons. The number of ether oxygens (including phenoxy) is 1. The fraction of sp³-hybridized carbons (Fsp3) is 0.100. The van der Waals surface area contributed by atoms with Crippen LogP contribution in [0.2, 0.25) is 0 Å². The molecular weight excluding hydrogens is 524 g/mol. The summed E-state index contributed by atoms with van der Waals surface area (Å²) in [6.07, 6.45) is 0. The Hall–Kier alpha value is -5.28. The fourth-order valence-electron chi connectivity index (χ4n) is 6.78. The molecule has 0 atom stereocenters. The van der Waals surface area contributed by atoms with Gasteiger partial charge in [0.2, 0.25) is 0 Å². The quantitative estimate of drug-likeness (QED) is 0.214. The summed E-state index contributed by atoms with van der Waals surface area (Å²) in [6, 6.07) is 49.7. The molecule has 0 saturated carbocycles. The lowest BCUT2D eigenvalue weighted by Crippen LogP contribution is -2.33. The lowest BCUT2D eigenvalue weighted by Gasteiger charge is -2.46. The SMILES string of the molecule is Cc1cccc2c1N1c3ccccc3C(C)(C)c3cc(N(c4ccccc4)c4ccc(-c5ccccc5)cc4)cc(c31)O2. The van der Waals surface area contributed by atoms with Gasteiger partial charge in [-0.05, 0) is 77.2 Å². The van der Waals surface area contributed by atoms with Gasteiger partial charge >= 0.3 is 0 Å². The number of fused-ring (bicyclic) bond motifs is 4. The Bertz CT molecular complexity index is 1980. The first kappa shape index (κ1) is 25.4. The van der Waals surface area contributed by atoms with Crippen LogP contribution >= 0.6 is 0 Å². The van der Waals surface area contributed by atoms with E-state index in [1.165, 1.54) is 33.5 Å². The average Bonchev–Trinajstić information content (AvgIpc) is 3.04. The lowest BCUT2D eigenvalue weighted by molar-refractivity contribution is 0.471. The van der Waals surface area contributed by atoms with Crippen molar-refractivity contribution in [2.45, 2.75) is 26.2 Å². The summed E-state index contributed by atoms with van der Waals surface area (Å²) in [5, 5.41) is 0. The minimum absolute atomic E-state index is 0.240. The van der Waals surface area contributed by atoms with Crippen LogP contribution in [0.25, 0.3) is 11.1 Å². The second-order valence-electron chi connectivity index (χ2n) is 11.9. The molecule has 0 N–H and O–H groups in total. The highest BCUT2D eigenvalue weighted by atomic mass is 16.5. The number of anilines is 6. The Labute approximate surface area is 253 Å². The van der Waals surface area contributed by atoms with E-state index in [0.717, 1.165) is 39.9 Å². The molecule has 2 aliphatic heterocycles. The summed E-state index contributed by atoms with van der Waals surface area (Å²) in [5.74, 6) is 1.75. The second kappa shape index (κ2) is 9.64. The smallest absolute Gasteiger partial charge is 0.153 e. The Morgan fingerprint density at radius 1 is 0.535 bits per heavy atom. The summed E-state index contributed by atoms with van der Waals surface area (Å²) in [5.41, 5.74) is 12.6. The van der Waals surface area contributed by atoms with Gasteiger partial charge in [0.1, 0.15) is 0 Å². The molecule has 2 heterocycles. The van der Waals surface area contributed by atoms with Gasteiger partial charge in [0.25, 0.3) is 0 Å². The van der Waals surface area contributed by atoms with Crippen LogP contribution in [0.5, 0.6) is 11.5 Å². The number of nitrogens with zero attached hydrogens (tertiary/aromatic N) is 2. The first-order valence-corrected chi connectivity index (χ1v) is 14.9. The summed E-state index contributed by atoms with van der Waals surface area (Å²) in [7, 11) is 0. The van der Waals surface area contributed by atoms with E-state index in [1.54, 1.807) is 0 Å². The van der Waals surface area contributed by atoms with Gasteiger partial charge in [0, 0.05) is 22.9 Å². The maximum Gasteiger partial charge on any atom is 0.153 e. The summed E-state index contributed by atoms with van der Waals surface area (Å²) in [6.45, 7) is 6.83. The topological polar surface area (TPSA) is 15.7 Å². The van der Waals surface area contributed by atoms with Crippen LogP contribution in [0.4, 0.5) is 34.1 Å². The zero-order chi connectivity index (χ0) is 29.1. The maximum atomic E-state index is 6.78. The van der Waals surface area contributed by atoms with Crippen molar-refractivity contribution < 1.29 is 4.74 Å².